The molecule has 0 spiro atoms. The van der Waals surface area contributed by atoms with Crippen LogP contribution in [0.5, 0.6) is 0 Å². The zero-order valence-corrected chi connectivity index (χ0v) is 10.2. The zero-order chi connectivity index (χ0) is 11.8. The van der Waals surface area contributed by atoms with Crippen LogP contribution < -0.4 is 5.73 Å². The monoisotopic (exact) mass is 226 g/mol. The van der Waals surface area contributed by atoms with Crippen molar-refractivity contribution in [2.75, 3.05) is 27.2 Å². The highest BCUT2D eigenvalue weighted by Gasteiger charge is 2.57. The summed E-state index contributed by atoms with van der Waals surface area (Å²) in [6.07, 6.45) is 4.03. The van der Waals surface area contributed by atoms with Crippen LogP contribution in [0.2, 0.25) is 0 Å². The van der Waals surface area contributed by atoms with E-state index in [2.05, 4.69) is 11.9 Å². The van der Waals surface area contributed by atoms with E-state index in [9.17, 15) is 4.79 Å². The van der Waals surface area contributed by atoms with Crippen LogP contribution in [0.1, 0.15) is 25.7 Å². The number of piperidine rings is 1. The first kappa shape index (κ1) is 11.9. The lowest BCUT2D eigenvalue weighted by Crippen LogP contribution is -2.47. The van der Waals surface area contributed by atoms with Gasteiger partial charge in [-0.3, -0.25) is 4.79 Å². The molecule has 0 amide bonds. The van der Waals surface area contributed by atoms with Gasteiger partial charge in [0.15, 0.2) is 0 Å². The number of carbonyl (C=O) groups excluding carboxylic acids is 1. The van der Waals surface area contributed by atoms with Gasteiger partial charge in [0.1, 0.15) is 0 Å². The first-order valence-corrected chi connectivity index (χ1v) is 6.13. The molecule has 1 atom stereocenters. The van der Waals surface area contributed by atoms with Gasteiger partial charge in [0.25, 0.3) is 0 Å². The molecular weight excluding hydrogens is 204 g/mol. The third kappa shape index (κ3) is 1.96. The summed E-state index contributed by atoms with van der Waals surface area (Å²) in [7, 11) is 3.60. The van der Waals surface area contributed by atoms with Gasteiger partial charge in [-0.1, -0.05) is 0 Å². The van der Waals surface area contributed by atoms with Gasteiger partial charge < -0.3 is 15.4 Å². The lowest BCUT2D eigenvalue weighted by atomic mass is 9.80. The van der Waals surface area contributed by atoms with Crippen LogP contribution in [0.4, 0.5) is 0 Å². The van der Waals surface area contributed by atoms with E-state index in [0.29, 0.717) is 5.92 Å². The second kappa shape index (κ2) is 4.34. The molecule has 1 aliphatic carbocycles. The van der Waals surface area contributed by atoms with E-state index in [1.165, 1.54) is 7.11 Å². The van der Waals surface area contributed by atoms with E-state index in [1.54, 1.807) is 0 Å². The molecule has 2 aliphatic rings. The van der Waals surface area contributed by atoms with Gasteiger partial charge in [-0.15, -0.1) is 0 Å². The molecule has 1 aliphatic heterocycles. The Morgan fingerprint density at radius 2 is 2.00 bits per heavy atom. The Morgan fingerprint density at radius 3 is 2.44 bits per heavy atom. The van der Waals surface area contributed by atoms with Crippen LogP contribution in [0.25, 0.3) is 0 Å². The molecule has 16 heavy (non-hydrogen) atoms. The van der Waals surface area contributed by atoms with Gasteiger partial charge in [0.2, 0.25) is 0 Å². The van der Waals surface area contributed by atoms with Crippen molar-refractivity contribution in [2.45, 2.75) is 31.7 Å². The molecular formula is C12H22N2O2. The molecule has 2 rings (SSSR count). The maximum absolute atomic E-state index is 11.7. The summed E-state index contributed by atoms with van der Waals surface area (Å²) < 4.78 is 4.88. The summed E-state index contributed by atoms with van der Waals surface area (Å²) in [6, 6.07) is -0.00588. The fourth-order valence-electron chi connectivity index (χ4n) is 2.85. The minimum absolute atomic E-state index is 0.00588. The van der Waals surface area contributed by atoms with Gasteiger partial charge in [-0.25, -0.2) is 0 Å². The maximum atomic E-state index is 11.7. The van der Waals surface area contributed by atoms with Crippen molar-refractivity contribution in [3.63, 3.8) is 0 Å². The number of hydrogen-bond acceptors (Lipinski definition) is 4. The predicted octanol–water partition coefficient (Wildman–Crippen LogP) is 0.609. The Morgan fingerprint density at radius 1 is 1.44 bits per heavy atom. The molecule has 0 aromatic rings. The van der Waals surface area contributed by atoms with Crippen LogP contribution in [0.3, 0.4) is 0 Å². The van der Waals surface area contributed by atoms with Crippen LogP contribution >= 0.6 is 0 Å². The highest BCUT2D eigenvalue weighted by Crippen LogP contribution is 2.52. The average Bonchev–Trinajstić information content (AvgIpc) is 3.09. The number of methoxy groups -OCH3 is 1. The van der Waals surface area contributed by atoms with Crippen molar-refractivity contribution in [2.24, 2.45) is 17.1 Å². The second-order valence-electron chi connectivity index (χ2n) is 5.31. The van der Waals surface area contributed by atoms with Gasteiger partial charge in [-0.05, 0) is 51.7 Å². The summed E-state index contributed by atoms with van der Waals surface area (Å²) in [4.78, 5) is 14.1. The Labute approximate surface area is 97.1 Å². The van der Waals surface area contributed by atoms with Gasteiger partial charge in [-0.2, -0.15) is 0 Å². The number of likely N-dealkylation sites (tertiary alicyclic amines) is 1. The quantitative estimate of drug-likeness (QED) is 0.716. The first-order chi connectivity index (χ1) is 7.60. The molecule has 4 heteroatoms. The first-order valence-electron chi connectivity index (χ1n) is 6.13. The summed E-state index contributed by atoms with van der Waals surface area (Å²) in [5.41, 5.74) is 5.95. The molecule has 1 saturated heterocycles. The minimum Gasteiger partial charge on any atom is -0.469 e. The molecule has 92 valence electrons. The van der Waals surface area contributed by atoms with Gasteiger partial charge in [0, 0.05) is 6.04 Å². The van der Waals surface area contributed by atoms with Crippen LogP contribution in [0, 0.1) is 11.3 Å². The van der Waals surface area contributed by atoms with E-state index in [-0.39, 0.29) is 17.4 Å². The maximum Gasteiger partial charge on any atom is 0.313 e. The number of rotatable bonds is 3. The fraction of sp³-hybridized carbons (Fsp3) is 0.917. The number of nitrogens with two attached hydrogens (primary N) is 1. The zero-order valence-electron chi connectivity index (χ0n) is 10.2. The van der Waals surface area contributed by atoms with Crippen LogP contribution in [-0.4, -0.2) is 44.2 Å². The summed E-state index contributed by atoms with van der Waals surface area (Å²) in [5, 5.41) is 0. The topological polar surface area (TPSA) is 55.6 Å². The van der Waals surface area contributed by atoms with Crippen molar-refractivity contribution >= 4 is 5.97 Å². The van der Waals surface area contributed by atoms with E-state index in [1.807, 2.05) is 0 Å². The largest absolute Gasteiger partial charge is 0.469 e. The number of esters is 1. The standard InChI is InChI=1S/C12H22N2O2/c1-14-7-3-9(4-8-14)10(13)12(5-6-12)11(15)16-2/h9-10H,3-8,13H2,1-2H3. The summed E-state index contributed by atoms with van der Waals surface area (Å²) >= 11 is 0. The molecule has 2 N–H and O–H groups in total. The van der Waals surface area contributed by atoms with Gasteiger partial charge in [0.05, 0.1) is 12.5 Å². The molecule has 1 unspecified atom stereocenters. The Balaban J connectivity index is 1.97. The average molecular weight is 226 g/mol. The SMILES string of the molecule is COC(=O)C1(C(N)C2CCN(C)CC2)CC1. The summed E-state index contributed by atoms with van der Waals surface area (Å²) in [5.74, 6) is 0.386. The molecule has 1 saturated carbocycles. The Bertz CT molecular complexity index is 268. The van der Waals surface area contributed by atoms with Crippen LogP contribution in [-0.2, 0) is 9.53 Å². The number of hydrogen-bond donors (Lipinski definition) is 1. The second-order valence-corrected chi connectivity index (χ2v) is 5.31. The van der Waals surface area contributed by atoms with E-state index in [0.717, 1.165) is 38.8 Å². The van der Waals surface area contributed by atoms with Crippen molar-refractivity contribution in [1.29, 1.82) is 0 Å². The van der Waals surface area contributed by atoms with E-state index < -0.39 is 0 Å². The molecule has 2 fully saturated rings. The molecule has 1 heterocycles. The van der Waals surface area contributed by atoms with Crippen LogP contribution in [0.15, 0.2) is 0 Å². The predicted molar refractivity (Wildman–Crippen MR) is 61.9 cm³/mol. The molecule has 0 aromatic carbocycles. The smallest absolute Gasteiger partial charge is 0.313 e. The molecule has 0 aromatic heterocycles. The normalized spacial score (nSPS) is 27.4. The van der Waals surface area contributed by atoms with E-state index in [4.69, 9.17) is 10.5 Å². The third-order valence-corrected chi connectivity index (χ3v) is 4.29. The molecule has 0 bridgehead atoms. The number of carbonyl (C=O) groups is 1. The van der Waals surface area contributed by atoms with Crippen molar-refractivity contribution in [3.8, 4) is 0 Å². The fourth-order valence-corrected chi connectivity index (χ4v) is 2.85. The molecule has 0 radical (unpaired) electrons. The van der Waals surface area contributed by atoms with Crippen molar-refractivity contribution in [3.05, 3.63) is 0 Å². The lowest BCUT2D eigenvalue weighted by Gasteiger charge is -2.35. The minimum atomic E-state index is -0.338. The van der Waals surface area contributed by atoms with Crippen molar-refractivity contribution < 1.29 is 9.53 Å². The summed E-state index contributed by atoms with van der Waals surface area (Å²) in [6.45, 7) is 2.19. The number of ether oxygens (including phenoxy) is 1. The third-order valence-electron chi connectivity index (χ3n) is 4.29. The van der Waals surface area contributed by atoms with Gasteiger partial charge >= 0.3 is 5.97 Å². The van der Waals surface area contributed by atoms with E-state index >= 15 is 0 Å². The Kier molecular flexibility index (Phi) is 3.22. The Hall–Kier alpha value is -0.610. The van der Waals surface area contributed by atoms with Crippen molar-refractivity contribution in [1.82, 2.24) is 4.90 Å². The number of nitrogens with zero attached hydrogens (tertiary/aromatic N) is 1. The molecule has 4 nitrogen and oxygen atoms in total. The lowest BCUT2D eigenvalue weighted by molar-refractivity contribution is -0.148. The highest BCUT2D eigenvalue weighted by atomic mass is 16.5. The highest BCUT2D eigenvalue weighted by molar-refractivity contribution is 5.80.